The number of amides is 1. The molecule has 0 aromatic carbocycles. The lowest BCUT2D eigenvalue weighted by Gasteiger charge is -2.34. The van der Waals surface area contributed by atoms with Crippen LogP contribution in [0.4, 0.5) is 0 Å². The highest BCUT2D eigenvalue weighted by Gasteiger charge is 2.31. The molecule has 3 saturated heterocycles. The fourth-order valence-electron chi connectivity index (χ4n) is 4.58. The van der Waals surface area contributed by atoms with Gasteiger partial charge in [0.05, 0.1) is 12.5 Å². The van der Waals surface area contributed by atoms with E-state index in [2.05, 4.69) is 16.4 Å². The number of hydrogen-bond donors (Lipinski definition) is 0. The zero-order valence-corrected chi connectivity index (χ0v) is 15.9. The number of piperidine rings is 1. The number of hydrogen-bond acceptors (Lipinski definition) is 4. The van der Waals surface area contributed by atoms with Crippen LogP contribution in [0, 0.1) is 18.8 Å². The summed E-state index contributed by atoms with van der Waals surface area (Å²) in [6.07, 6.45) is 7.24. The summed E-state index contributed by atoms with van der Waals surface area (Å²) in [5, 5.41) is 0. The molecule has 0 spiro atoms. The lowest BCUT2D eigenvalue weighted by molar-refractivity contribution is -0.137. The number of carbonyl (C=O) groups is 1. The third-order valence-corrected chi connectivity index (χ3v) is 6.32. The van der Waals surface area contributed by atoms with Crippen LogP contribution in [0.2, 0.25) is 0 Å². The molecule has 1 aromatic rings. The maximum atomic E-state index is 12.6. The maximum absolute atomic E-state index is 12.6. The zero-order valence-electron chi connectivity index (χ0n) is 15.9. The molecule has 4 rings (SSSR count). The van der Waals surface area contributed by atoms with Gasteiger partial charge in [-0.25, -0.2) is 4.98 Å². The summed E-state index contributed by atoms with van der Waals surface area (Å²) in [7, 11) is 0. The smallest absolute Gasteiger partial charge is 0.228 e. The van der Waals surface area contributed by atoms with E-state index in [0.29, 0.717) is 24.3 Å². The molecule has 26 heavy (non-hydrogen) atoms. The minimum absolute atomic E-state index is 0.0996. The van der Waals surface area contributed by atoms with Crippen molar-refractivity contribution < 1.29 is 14.3 Å². The van der Waals surface area contributed by atoms with Gasteiger partial charge >= 0.3 is 0 Å². The highest BCUT2D eigenvalue weighted by atomic mass is 16.5. The molecule has 0 N–H and O–H groups in total. The van der Waals surface area contributed by atoms with Crippen LogP contribution >= 0.6 is 0 Å². The monoisotopic (exact) mass is 361 g/mol. The van der Waals surface area contributed by atoms with Gasteiger partial charge in [0.1, 0.15) is 5.82 Å². The third kappa shape index (κ3) is 3.81. The summed E-state index contributed by atoms with van der Waals surface area (Å²) in [5.74, 6) is 2.81. The number of likely N-dealkylation sites (tertiary alicyclic amines) is 1. The molecule has 3 aliphatic rings. The topological polar surface area (TPSA) is 56.6 Å². The van der Waals surface area contributed by atoms with Gasteiger partial charge in [0.2, 0.25) is 5.91 Å². The van der Waals surface area contributed by atoms with E-state index in [9.17, 15) is 4.79 Å². The number of rotatable bonds is 4. The van der Waals surface area contributed by atoms with Gasteiger partial charge in [-0.05, 0) is 44.9 Å². The minimum Gasteiger partial charge on any atom is -0.381 e. The van der Waals surface area contributed by atoms with Crippen molar-refractivity contribution in [1.29, 1.82) is 0 Å². The Labute approximate surface area is 155 Å². The first-order chi connectivity index (χ1) is 12.7. The molecule has 0 bridgehead atoms. The molecular formula is C20H31N3O3. The number of nitrogens with zero attached hydrogens (tertiary/aromatic N) is 3. The fourth-order valence-corrected chi connectivity index (χ4v) is 4.58. The number of ether oxygens (including phenoxy) is 2. The summed E-state index contributed by atoms with van der Waals surface area (Å²) < 4.78 is 13.3. The molecule has 0 saturated carbocycles. The van der Waals surface area contributed by atoms with Crippen molar-refractivity contribution in [3.05, 3.63) is 17.7 Å². The summed E-state index contributed by atoms with van der Waals surface area (Å²) in [6.45, 7) is 8.02. The molecule has 1 aromatic heterocycles. The molecule has 1 amide bonds. The molecular weight excluding hydrogens is 330 g/mol. The quantitative estimate of drug-likeness (QED) is 0.826. The van der Waals surface area contributed by atoms with Crippen molar-refractivity contribution in [1.82, 2.24) is 14.5 Å². The average Bonchev–Trinajstić information content (AvgIpc) is 3.34. The molecule has 1 unspecified atom stereocenters. The second-order valence-corrected chi connectivity index (χ2v) is 8.08. The van der Waals surface area contributed by atoms with Crippen molar-refractivity contribution in [3.63, 3.8) is 0 Å². The van der Waals surface area contributed by atoms with Crippen LogP contribution in [0.1, 0.15) is 49.5 Å². The van der Waals surface area contributed by atoms with Crippen LogP contribution < -0.4 is 0 Å². The highest BCUT2D eigenvalue weighted by molar-refractivity contribution is 5.79. The van der Waals surface area contributed by atoms with Gasteiger partial charge in [-0.1, -0.05) is 0 Å². The van der Waals surface area contributed by atoms with Crippen LogP contribution in [-0.2, 0) is 20.8 Å². The van der Waals surface area contributed by atoms with E-state index < -0.39 is 0 Å². The van der Waals surface area contributed by atoms with E-state index in [-0.39, 0.29) is 5.92 Å². The molecule has 1 atom stereocenters. The largest absolute Gasteiger partial charge is 0.381 e. The first-order valence-corrected chi connectivity index (χ1v) is 10.2. The minimum atomic E-state index is 0.0996. The van der Waals surface area contributed by atoms with Crippen molar-refractivity contribution in [2.75, 3.05) is 39.5 Å². The number of carbonyl (C=O) groups excluding carboxylic acids is 1. The second-order valence-electron chi connectivity index (χ2n) is 8.08. The van der Waals surface area contributed by atoms with Crippen LogP contribution in [0.25, 0.3) is 0 Å². The summed E-state index contributed by atoms with van der Waals surface area (Å²) in [5.41, 5.74) is 1.26. The van der Waals surface area contributed by atoms with Gasteiger partial charge in [-0.15, -0.1) is 0 Å². The normalized spacial score (nSPS) is 25.7. The van der Waals surface area contributed by atoms with E-state index >= 15 is 0 Å². The zero-order chi connectivity index (χ0) is 17.9. The van der Waals surface area contributed by atoms with Gasteiger partial charge in [0.15, 0.2) is 0 Å². The van der Waals surface area contributed by atoms with Crippen molar-refractivity contribution in [2.24, 2.45) is 11.8 Å². The van der Waals surface area contributed by atoms with Gasteiger partial charge in [-0.3, -0.25) is 4.79 Å². The first kappa shape index (κ1) is 18.0. The van der Waals surface area contributed by atoms with Crippen LogP contribution in [-0.4, -0.2) is 59.9 Å². The van der Waals surface area contributed by atoms with Crippen molar-refractivity contribution in [3.8, 4) is 0 Å². The Hall–Kier alpha value is -1.40. The van der Waals surface area contributed by atoms with Gasteiger partial charge in [0.25, 0.3) is 0 Å². The Morgan fingerprint density at radius 2 is 1.85 bits per heavy atom. The van der Waals surface area contributed by atoms with Crippen LogP contribution in [0.15, 0.2) is 6.20 Å². The first-order valence-electron chi connectivity index (χ1n) is 10.2. The van der Waals surface area contributed by atoms with Crippen molar-refractivity contribution >= 4 is 5.91 Å². The molecule has 0 aliphatic carbocycles. The number of aryl methyl sites for hydroxylation is 1. The van der Waals surface area contributed by atoms with Crippen LogP contribution in [0.5, 0.6) is 0 Å². The Morgan fingerprint density at radius 3 is 2.54 bits per heavy atom. The SMILES string of the molecule is Cc1cnc(C2CCOCC2)n1CC1CCN(C(=O)C2CCOC2)CC1. The summed E-state index contributed by atoms with van der Waals surface area (Å²) in [6, 6.07) is 0. The average molecular weight is 361 g/mol. The second kappa shape index (κ2) is 8.09. The van der Waals surface area contributed by atoms with E-state index in [1.54, 1.807) is 0 Å². The lowest BCUT2D eigenvalue weighted by Crippen LogP contribution is -2.42. The summed E-state index contributed by atoms with van der Waals surface area (Å²) in [4.78, 5) is 19.4. The van der Waals surface area contributed by atoms with E-state index in [0.717, 1.165) is 71.6 Å². The lowest BCUT2D eigenvalue weighted by atomic mass is 9.94. The van der Waals surface area contributed by atoms with Gasteiger partial charge < -0.3 is 18.9 Å². The van der Waals surface area contributed by atoms with E-state index in [1.165, 1.54) is 11.5 Å². The molecule has 0 radical (unpaired) electrons. The molecule has 6 heteroatoms. The standard InChI is InChI=1S/C20H31N3O3/c1-15-12-21-19(17-4-9-25-10-5-17)23(15)13-16-2-7-22(8-3-16)20(24)18-6-11-26-14-18/h12,16-18H,2-11,13-14H2,1H3. The maximum Gasteiger partial charge on any atom is 0.228 e. The molecule has 3 aliphatic heterocycles. The van der Waals surface area contributed by atoms with E-state index in [1.807, 2.05) is 6.20 Å². The Bertz CT molecular complexity index is 610. The predicted octanol–water partition coefficient (Wildman–Crippen LogP) is 2.36. The number of aromatic nitrogens is 2. The molecule has 3 fully saturated rings. The fraction of sp³-hybridized carbons (Fsp3) is 0.800. The van der Waals surface area contributed by atoms with Gasteiger partial charge in [0, 0.05) is 57.3 Å². The van der Waals surface area contributed by atoms with Gasteiger partial charge in [-0.2, -0.15) is 0 Å². The molecule has 4 heterocycles. The molecule has 6 nitrogen and oxygen atoms in total. The third-order valence-electron chi connectivity index (χ3n) is 6.32. The number of imidazole rings is 1. The summed E-state index contributed by atoms with van der Waals surface area (Å²) >= 11 is 0. The molecule has 144 valence electrons. The van der Waals surface area contributed by atoms with E-state index in [4.69, 9.17) is 14.5 Å². The van der Waals surface area contributed by atoms with Crippen LogP contribution in [0.3, 0.4) is 0 Å². The Balaban J connectivity index is 1.34. The predicted molar refractivity (Wildman–Crippen MR) is 98.0 cm³/mol. The Morgan fingerprint density at radius 1 is 1.12 bits per heavy atom. The highest BCUT2D eigenvalue weighted by Crippen LogP contribution is 2.29. The van der Waals surface area contributed by atoms with Crippen molar-refractivity contribution in [2.45, 2.75) is 51.5 Å². The Kier molecular flexibility index (Phi) is 5.60.